The molecule has 1 aliphatic carbocycles. The number of halogens is 1. The highest BCUT2D eigenvalue weighted by Gasteiger charge is 2.21. The molecule has 2 aliphatic rings. The highest BCUT2D eigenvalue weighted by Crippen LogP contribution is 2.24. The molecule has 2 aromatic rings. The Bertz CT molecular complexity index is 852. The van der Waals surface area contributed by atoms with Gasteiger partial charge >= 0.3 is 5.95 Å². The molecule has 0 radical (unpaired) electrons. The number of benzene rings is 1. The summed E-state index contributed by atoms with van der Waals surface area (Å²) in [5.41, 5.74) is 0.567. The number of anilines is 3. The lowest BCUT2D eigenvalue weighted by Crippen LogP contribution is -2.86. The number of nitrogens with zero attached hydrogens (tertiary/aromatic N) is 3. The number of methoxy groups -OCH3 is 1. The van der Waals surface area contributed by atoms with E-state index in [0.717, 1.165) is 38.8 Å². The summed E-state index contributed by atoms with van der Waals surface area (Å²) in [6, 6.07) is 5.55. The largest absolute Gasteiger partial charge is 0.494 e. The van der Waals surface area contributed by atoms with Crippen LogP contribution in [0.5, 0.6) is 5.75 Å². The van der Waals surface area contributed by atoms with Crippen LogP contribution in [-0.2, 0) is 0 Å². The predicted molar refractivity (Wildman–Crippen MR) is 119 cm³/mol. The first-order chi connectivity index (χ1) is 15.2. The molecule has 1 saturated heterocycles. The average Bonchev–Trinajstić information content (AvgIpc) is 3.03. The van der Waals surface area contributed by atoms with Crippen LogP contribution in [-0.4, -0.2) is 47.2 Å². The Balaban J connectivity index is 1.54. The van der Waals surface area contributed by atoms with Crippen LogP contribution in [0.1, 0.15) is 51.4 Å². The van der Waals surface area contributed by atoms with Gasteiger partial charge in [-0.1, -0.05) is 25.7 Å². The molecule has 5 N–H and O–H groups in total. The fraction of sp³-hybridized carbons (Fsp3) is 0.591. The number of nitrogens with two attached hydrogens (primary N) is 1. The van der Waals surface area contributed by atoms with Crippen molar-refractivity contribution in [2.45, 2.75) is 63.5 Å². The molecule has 2 fully saturated rings. The first kappa shape index (κ1) is 21.7. The summed E-state index contributed by atoms with van der Waals surface area (Å²) in [4.78, 5) is 13.9. The monoisotopic (exact) mass is 430 g/mol. The molecule has 1 aromatic carbocycles. The Morgan fingerprint density at radius 2 is 1.74 bits per heavy atom. The quantitative estimate of drug-likeness (QED) is 0.501. The maximum Gasteiger partial charge on any atom is 0.332 e. The molecule has 0 unspecified atom stereocenters. The van der Waals surface area contributed by atoms with Crippen LogP contribution in [0.4, 0.5) is 27.9 Å². The molecule has 0 bridgehead atoms. The van der Waals surface area contributed by atoms with E-state index >= 15 is 0 Å². The molecule has 0 spiro atoms. The van der Waals surface area contributed by atoms with Crippen LogP contribution in [0.15, 0.2) is 18.2 Å². The smallest absolute Gasteiger partial charge is 0.332 e. The van der Waals surface area contributed by atoms with E-state index in [2.05, 4.69) is 31.2 Å². The number of rotatable bonds is 7. The van der Waals surface area contributed by atoms with Crippen molar-refractivity contribution in [2.24, 2.45) is 0 Å². The molecular weight excluding hydrogens is 397 g/mol. The molecule has 4 rings (SSSR count). The van der Waals surface area contributed by atoms with Gasteiger partial charge < -0.3 is 20.7 Å². The SMILES string of the molecule is COc1ccc(Nc2nc(NC3CCCCCC3)nc([NH2+]C3CCNCC3)n2)cc1F. The fourth-order valence-corrected chi connectivity index (χ4v) is 4.29. The van der Waals surface area contributed by atoms with Crippen molar-refractivity contribution in [1.82, 2.24) is 20.3 Å². The zero-order valence-corrected chi connectivity index (χ0v) is 18.2. The van der Waals surface area contributed by atoms with Crippen LogP contribution in [0.3, 0.4) is 0 Å². The van der Waals surface area contributed by atoms with Gasteiger partial charge in [-0.25, -0.2) is 4.39 Å². The van der Waals surface area contributed by atoms with Gasteiger partial charge in [-0.05, 0) is 25.0 Å². The van der Waals surface area contributed by atoms with E-state index in [-0.39, 0.29) is 5.75 Å². The molecule has 1 aromatic heterocycles. The van der Waals surface area contributed by atoms with E-state index in [1.165, 1.54) is 38.9 Å². The van der Waals surface area contributed by atoms with Gasteiger partial charge in [0.1, 0.15) is 0 Å². The number of piperidine rings is 1. The molecule has 1 saturated carbocycles. The average molecular weight is 431 g/mol. The molecule has 1 aliphatic heterocycles. The van der Waals surface area contributed by atoms with Gasteiger partial charge in [0.2, 0.25) is 11.9 Å². The van der Waals surface area contributed by atoms with E-state index < -0.39 is 5.82 Å². The fourth-order valence-electron chi connectivity index (χ4n) is 4.29. The van der Waals surface area contributed by atoms with Gasteiger partial charge in [0.05, 0.1) is 13.2 Å². The maximum atomic E-state index is 14.1. The Hall–Kier alpha value is -2.52. The van der Waals surface area contributed by atoms with Crippen molar-refractivity contribution >= 4 is 23.5 Å². The minimum absolute atomic E-state index is 0.205. The Morgan fingerprint density at radius 1 is 1.00 bits per heavy atom. The third-order valence-corrected chi connectivity index (χ3v) is 6.02. The van der Waals surface area contributed by atoms with Crippen LogP contribution in [0.25, 0.3) is 0 Å². The van der Waals surface area contributed by atoms with E-state index in [9.17, 15) is 4.39 Å². The lowest BCUT2D eigenvalue weighted by molar-refractivity contribution is -0.620. The van der Waals surface area contributed by atoms with Crippen molar-refractivity contribution in [1.29, 1.82) is 0 Å². The molecule has 8 nitrogen and oxygen atoms in total. The van der Waals surface area contributed by atoms with Crippen molar-refractivity contribution < 1.29 is 14.4 Å². The molecule has 9 heteroatoms. The summed E-state index contributed by atoms with van der Waals surface area (Å²) in [7, 11) is 1.45. The van der Waals surface area contributed by atoms with E-state index in [1.807, 2.05) is 0 Å². The standard InChI is InChI=1S/C22H32FN7O/c1-31-19-9-8-17(14-18(19)23)27-22-29-20(25-15-6-4-2-3-5-7-15)28-21(30-22)26-16-10-12-24-13-11-16/h8-9,14-16,24H,2-7,10-13H2,1H3,(H3,25,26,27,28,29,30)/p+1. The van der Waals surface area contributed by atoms with Crippen molar-refractivity contribution in [2.75, 3.05) is 30.8 Å². The lowest BCUT2D eigenvalue weighted by Gasteiger charge is -2.20. The second-order valence-corrected chi connectivity index (χ2v) is 8.40. The third-order valence-electron chi connectivity index (χ3n) is 6.02. The molecule has 31 heavy (non-hydrogen) atoms. The highest BCUT2D eigenvalue weighted by molar-refractivity contribution is 5.56. The molecule has 2 heterocycles. The van der Waals surface area contributed by atoms with Gasteiger partial charge in [-0.3, -0.25) is 5.32 Å². The first-order valence-electron chi connectivity index (χ1n) is 11.4. The predicted octanol–water partition coefficient (Wildman–Crippen LogP) is 2.84. The number of hydrogen-bond acceptors (Lipinski definition) is 7. The van der Waals surface area contributed by atoms with Gasteiger partial charge in [-0.15, -0.1) is 9.97 Å². The van der Waals surface area contributed by atoms with Crippen LogP contribution in [0, 0.1) is 5.82 Å². The summed E-state index contributed by atoms with van der Waals surface area (Å²) in [6.45, 7) is 2.02. The zero-order chi connectivity index (χ0) is 21.5. The van der Waals surface area contributed by atoms with Crippen LogP contribution >= 0.6 is 0 Å². The summed E-state index contributed by atoms with van der Waals surface area (Å²) in [5, 5.41) is 12.2. The highest BCUT2D eigenvalue weighted by atomic mass is 19.1. The number of aromatic nitrogens is 3. The van der Waals surface area contributed by atoms with Crippen LogP contribution < -0.4 is 26.0 Å². The van der Waals surface area contributed by atoms with E-state index in [4.69, 9.17) is 9.72 Å². The van der Waals surface area contributed by atoms with Gasteiger partial charge in [0.15, 0.2) is 11.6 Å². The Labute approximate surface area is 182 Å². The number of hydrogen-bond donors (Lipinski definition) is 4. The number of ether oxygens (including phenoxy) is 1. The van der Waals surface area contributed by atoms with Gasteiger partial charge in [-0.2, -0.15) is 4.98 Å². The third kappa shape index (κ3) is 6.24. The minimum Gasteiger partial charge on any atom is -0.494 e. The summed E-state index contributed by atoms with van der Waals surface area (Å²) in [5.74, 6) is 1.43. The topological polar surface area (TPSA) is 101 Å². The normalized spacial score (nSPS) is 18.4. The second kappa shape index (κ2) is 10.7. The van der Waals surface area contributed by atoms with Crippen molar-refractivity contribution in [3.8, 4) is 5.75 Å². The molecule has 0 atom stereocenters. The van der Waals surface area contributed by atoms with Crippen LogP contribution in [0.2, 0.25) is 0 Å². The van der Waals surface area contributed by atoms with E-state index in [1.54, 1.807) is 12.1 Å². The van der Waals surface area contributed by atoms with Crippen molar-refractivity contribution in [3.05, 3.63) is 24.0 Å². The number of quaternary nitrogens is 1. The number of nitrogens with one attached hydrogen (secondary N) is 3. The maximum absolute atomic E-state index is 14.1. The first-order valence-corrected chi connectivity index (χ1v) is 11.4. The zero-order valence-electron chi connectivity index (χ0n) is 18.2. The molecule has 0 amide bonds. The summed E-state index contributed by atoms with van der Waals surface area (Å²) in [6.07, 6.45) is 9.45. The molecule has 168 valence electrons. The summed E-state index contributed by atoms with van der Waals surface area (Å²) >= 11 is 0. The summed E-state index contributed by atoms with van der Waals surface area (Å²) < 4.78 is 19.1. The van der Waals surface area contributed by atoms with E-state index in [0.29, 0.717) is 35.6 Å². The second-order valence-electron chi connectivity index (χ2n) is 8.40. The molecular formula is C22H33FN7O+. The van der Waals surface area contributed by atoms with Gasteiger partial charge in [0, 0.05) is 43.7 Å². The Kier molecular flexibility index (Phi) is 7.48. The van der Waals surface area contributed by atoms with Crippen molar-refractivity contribution in [3.63, 3.8) is 0 Å². The lowest BCUT2D eigenvalue weighted by atomic mass is 10.1. The minimum atomic E-state index is -0.431. The van der Waals surface area contributed by atoms with Gasteiger partial charge in [0.25, 0.3) is 0 Å². The Morgan fingerprint density at radius 3 is 2.45 bits per heavy atom.